The first-order valence-corrected chi connectivity index (χ1v) is 8.40. The fourth-order valence-electron chi connectivity index (χ4n) is 4.24. The first-order valence-electron chi connectivity index (χ1n) is 8.40. The summed E-state index contributed by atoms with van der Waals surface area (Å²) in [6.45, 7) is 5.81. The van der Waals surface area contributed by atoms with Crippen molar-refractivity contribution in [3.8, 4) is 0 Å². The minimum Gasteiger partial charge on any atom is -0.395 e. The van der Waals surface area contributed by atoms with Crippen LogP contribution in [0, 0.1) is 0 Å². The van der Waals surface area contributed by atoms with Gasteiger partial charge in [0.1, 0.15) is 0 Å². The Kier molecular flexibility index (Phi) is 4.50. The summed E-state index contributed by atoms with van der Waals surface area (Å²) in [5.41, 5.74) is 1.18. The molecule has 2 saturated heterocycles. The Bertz CT molecular complexity index is 509. The molecule has 0 aliphatic carbocycles. The van der Waals surface area contributed by atoms with Crippen LogP contribution in [0.2, 0.25) is 0 Å². The van der Waals surface area contributed by atoms with E-state index in [1.165, 1.54) is 0 Å². The quantitative estimate of drug-likeness (QED) is 0.923. The fourth-order valence-corrected chi connectivity index (χ4v) is 4.24. The molecule has 1 amide bonds. The third-order valence-corrected chi connectivity index (χ3v) is 5.44. The lowest BCUT2D eigenvalue weighted by atomic mass is 9.81. The predicted molar refractivity (Wildman–Crippen MR) is 86.7 cm³/mol. The van der Waals surface area contributed by atoms with Gasteiger partial charge in [0.2, 0.25) is 5.91 Å². The molecule has 22 heavy (non-hydrogen) atoms. The summed E-state index contributed by atoms with van der Waals surface area (Å²) in [5.74, 6) is 0.315. The maximum Gasteiger partial charge on any atom is 0.230 e. The van der Waals surface area contributed by atoms with Gasteiger partial charge in [-0.3, -0.25) is 4.79 Å². The van der Waals surface area contributed by atoms with Crippen LogP contribution in [0.15, 0.2) is 30.3 Å². The number of benzene rings is 1. The number of carbonyl (C=O) groups is 1. The van der Waals surface area contributed by atoms with E-state index in [1.54, 1.807) is 0 Å². The van der Waals surface area contributed by atoms with Crippen LogP contribution in [0.1, 0.15) is 37.7 Å². The zero-order valence-electron chi connectivity index (χ0n) is 13.4. The van der Waals surface area contributed by atoms with Crippen molar-refractivity contribution in [2.45, 2.75) is 37.6 Å². The highest BCUT2D eigenvalue weighted by molar-refractivity contribution is 5.87. The first kappa shape index (κ1) is 15.5. The Morgan fingerprint density at radius 1 is 1.23 bits per heavy atom. The van der Waals surface area contributed by atoms with E-state index in [-0.39, 0.29) is 18.1 Å². The van der Waals surface area contributed by atoms with Crippen molar-refractivity contribution >= 4 is 5.91 Å². The lowest BCUT2D eigenvalue weighted by molar-refractivity contribution is -0.133. The number of likely N-dealkylation sites (tertiary alicyclic amines) is 2. The molecule has 1 spiro atoms. The van der Waals surface area contributed by atoms with Gasteiger partial charge in [-0.25, -0.2) is 0 Å². The van der Waals surface area contributed by atoms with E-state index < -0.39 is 0 Å². The zero-order chi connectivity index (χ0) is 15.6. The predicted octanol–water partition coefficient (Wildman–Crippen LogP) is 1.85. The topological polar surface area (TPSA) is 43.8 Å². The average molecular weight is 302 g/mol. The number of nitrogens with zero attached hydrogens (tertiary/aromatic N) is 2. The van der Waals surface area contributed by atoms with Crippen molar-refractivity contribution in [3.63, 3.8) is 0 Å². The summed E-state index contributed by atoms with van der Waals surface area (Å²) in [6.07, 6.45) is 2.99. The number of amides is 1. The molecule has 2 aliphatic rings. The Morgan fingerprint density at radius 3 is 2.50 bits per heavy atom. The first-order chi connectivity index (χ1) is 10.7. The van der Waals surface area contributed by atoms with Gasteiger partial charge in [-0.05, 0) is 31.7 Å². The van der Waals surface area contributed by atoms with Crippen LogP contribution < -0.4 is 0 Å². The summed E-state index contributed by atoms with van der Waals surface area (Å²) in [6, 6.07) is 10.2. The molecule has 2 fully saturated rings. The van der Waals surface area contributed by atoms with Gasteiger partial charge in [-0.2, -0.15) is 0 Å². The van der Waals surface area contributed by atoms with E-state index >= 15 is 0 Å². The number of aliphatic hydroxyl groups is 1. The number of hydrogen-bond acceptors (Lipinski definition) is 3. The van der Waals surface area contributed by atoms with E-state index in [1.807, 2.05) is 18.2 Å². The highest BCUT2D eigenvalue weighted by Gasteiger charge is 2.51. The Hall–Kier alpha value is -1.39. The molecule has 1 aromatic rings. The molecule has 1 N–H and O–H groups in total. The van der Waals surface area contributed by atoms with Gasteiger partial charge in [0.15, 0.2) is 0 Å². The van der Waals surface area contributed by atoms with E-state index in [0.29, 0.717) is 5.91 Å². The number of carbonyl (C=O) groups excluding carboxylic acids is 1. The number of rotatable bonds is 4. The van der Waals surface area contributed by atoms with Crippen molar-refractivity contribution in [3.05, 3.63) is 35.9 Å². The van der Waals surface area contributed by atoms with Crippen molar-refractivity contribution in [1.82, 2.24) is 9.80 Å². The minimum absolute atomic E-state index is 0.0190. The molecule has 2 aliphatic heterocycles. The number of hydrogen-bond donors (Lipinski definition) is 1. The monoisotopic (exact) mass is 302 g/mol. The Labute approximate surface area is 132 Å². The average Bonchev–Trinajstić information content (AvgIpc) is 2.83. The Morgan fingerprint density at radius 2 is 1.91 bits per heavy atom. The van der Waals surface area contributed by atoms with E-state index in [9.17, 15) is 4.79 Å². The molecule has 2 heterocycles. The van der Waals surface area contributed by atoms with E-state index in [2.05, 4.69) is 28.9 Å². The number of piperidine rings is 1. The maximum atomic E-state index is 12.9. The smallest absolute Gasteiger partial charge is 0.230 e. The van der Waals surface area contributed by atoms with Crippen LogP contribution in [0.3, 0.4) is 0 Å². The molecule has 0 unspecified atom stereocenters. The summed E-state index contributed by atoms with van der Waals surface area (Å²) < 4.78 is 0. The number of β-amino-alcohol motifs (C(OH)–C–C–N with tert-alkyl or cyclic N) is 1. The minimum atomic E-state index is 0.0190. The normalized spacial score (nSPS) is 25.1. The standard InChI is InChI=1S/C18H26N2O2/c1-2-20-17(22)16(15-6-4-3-5-7-15)14-18(20)8-10-19(11-9-18)12-13-21/h3-7,16,21H,2,8-14H2,1H3/t16-/m1/s1. The van der Waals surface area contributed by atoms with Crippen LogP contribution in [-0.2, 0) is 4.79 Å². The highest BCUT2D eigenvalue weighted by Crippen LogP contribution is 2.45. The zero-order valence-corrected chi connectivity index (χ0v) is 13.4. The second kappa shape index (κ2) is 6.39. The van der Waals surface area contributed by atoms with Crippen molar-refractivity contribution in [2.24, 2.45) is 0 Å². The van der Waals surface area contributed by atoms with Gasteiger partial charge in [-0.1, -0.05) is 30.3 Å². The summed E-state index contributed by atoms with van der Waals surface area (Å²) >= 11 is 0. The summed E-state index contributed by atoms with van der Waals surface area (Å²) in [4.78, 5) is 17.3. The van der Waals surface area contributed by atoms with Crippen molar-refractivity contribution in [1.29, 1.82) is 0 Å². The molecule has 0 bridgehead atoms. The molecular formula is C18H26N2O2. The molecule has 0 radical (unpaired) electrons. The molecule has 4 nitrogen and oxygen atoms in total. The lowest BCUT2D eigenvalue weighted by Crippen LogP contribution is -2.53. The second-order valence-electron chi connectivity index (χ2n) is 6.54. The van der Waals surface area contributed by atoms with Crippen LogP contribution in [0.25, 0.3) is 0 Å². The second-order valence-corrected chi connectivity index (χ2v) is 6.54. The maximum absolute atomic E-state index is 12.9. The van der Waals surface area contributed by atoms with Gasteiger partial charge in [0.05, 0.1) is 12.5 Å². The van der Waals surface area contributed by atoms with Gasteiger partial charge in [-0.15, -0.1) is 0 Å². The molecule has 3 rings (SSSR count). The fraction of sp³-hybridized carbons (Fsp3) is 0.611. The molecule has 0 aromatic heterocycles. The lowest BCUT2D eigenvalue weighted by Gasteiger charge is -2.44. The van der Waals surface area contributed by atoms with Gasteiger partial charge in [0.25, 0.3) is 0 Å². The number of likely N-dealkylation sites (N-methyl/N-ethyl adjacent to an activating group) is 1. The molecule has 120 valence electrons. The third-order valence-electron chi connectivity index (χ3n) is 5.44. The summed E-state index contributed by atoms with van der Waals surface area (Å²) in [5, 5.41) is 9.10. The van der Waals surface area contributed by atoms with E-state index in [0.717, 1.165) is 51.0 Å². The van der Waals surface area contributed by atoms with Crippen molar-refractivity contribution < 1.29 is 9.90 Å². The third kappa shape index (κ3) is 2.66. The molecule has 1 atom stereocenters. The molecular weight excluding hydrogens is 276 g/mol. The SMILES string of the molecule is CCN1C(=O)[C@@H](c2ccccc2)CC12CCN(CCO)CC2. The van der Waals surface area contributed by atoms with Gasteiger partial charge >= 0.3 is 0 Å². The van der Waals surface area contributed by atoms with Crippen LogP contribution in [-0.4, -0.2) is 59.1 Å². The van der Waals surface area contributed by atoms with Gasteiger partial charge in [0, 0.05) is 31.7 Å². The molecule has 1 aromatic carbocycles. The Balaban J connectivity index is 1.79. The van der Waals surface area contributed by atoms with E-state index in [4.69, 9.17) is 5.11 Å². The highest BCUT2D eigenvalue weighted by atomic mass is 16.3. The van der Waals surface area contributed by atoms with Crippen LogP contribution in [0.4, 0.5) is 0 Å². The largest absolute Gasteiger partial charge is 0.395 e. The molecule has 0 saturated carbocycles. The molecule has 4 heteroatoms. The van der Waals surface area contributed by atoms with Crippen LogP contribution >= 0.6 is 0 Å². The number of aliphatic hydroxyl groups excluding tert-OH is 1. The van der Waals surface area contributed by atoms with Crippen molar-refractivity contribution in [2.75, 3.05) is 32.8 Å². The van der Waals surface area contributed by atoms with Gasteiger partial charge < -0.3 is 14.9 Å². The summed E-state index contributed by atoms with van der Waals surface area (Å²) in [7, 11) is 0. The van der Waals surface area contributed by atoms with Crippen LogP contribution in [0.5, 0.6) is 0 Å².